The van der Waals surface area contributed by atoms with Crippen molar-refractivity contribution in [3.8, 4) is 22.9 Å². The van der Waals surface area contributed by atoms with Gasteiger partial charge in [0.05, 0.1) is 10.5 Å². The van der Waals surface area contributed by atoms with Crippen LogP contribution in [0.2, 0.25) is 0 Å². The molecule has 2 aromatic carbocycles. The Morgan fingerprint density at radius 1 is 1.09 bits per heavy atom. The molecule has 23 heavy (non-hydrogen) atoms. The Morgan fingerprint density at radius 2 is 1.83 bits per heavy atom. The largest absolute Gasteiger partial charge is 0.507 e. The lowest BCUT2D eigenvalue weighted by Crippen LogP contribution is -1.94. The first kappa shape index (κ1) is 15.1. The van der Waals surface area contributed by atoms with E-state index in [0.29, 0.717) is 22.2 Å². The van der Waals surface area contributed by atoms with E-state index in [1.54, 1.807) is 4.57 Å². The smallest absolute Gasteiger partial charge is 0.196 e. The summed E-state index contributed by atoms with van der Waals surface area (Å²) in [6, 6.07) is 12.2. The van der Waals surface area contributed by atoms with Crippen molar-refractivity contribution >= 4 is 18.0 Å². The molecule has 0 aliphatic heterocycles. The third kappa shape index (κ3) is 2.91. The fraction of sp³-hybridized carbons (Fsp3) is 0.0625. The molecule has 0 radical (unpaired) electrons. The highest BCUT2D eigenvalue weighted by molar-refractivity contribution is 7.99. The van der Waals surface area contributed by atoms with Crippen LogP contribution >= 0.6 is 11.8 Å². The predicted molar refractivity (Wildman–Crippen MR) is 85.7 cm³/mol. The van der Waals surface area contributed by atoms with E-state index in [4.69, 9.17) is 0 Å². The SMILES string of the molecule is Cn1c(Sc2cc(O)c(C=O)cc2O)nnc1-c1ccccc1. The van der Waals surface area contributed by atoms with E-state index >= 15 is 0 Å². The maximum atomic E-state index is 10.8. The Labute approximate surface area is 136 Å². The number of aromatic hydroxyl groups is 2. The van der Waals surface area contributed by atoms with Gasteiger partial charge in [0, 0.05) is 12.6 Å². The minimum Gasteiger partial charge on any atom is -0.507 e. The lowest BCUT2D eigenvalue weighted by molar-refractivity contribution is 0.112. The minimum absolute atomic E-state index is 0.0368. The Morgan fingerprint density at radius 3 is 2.52 bits per heavy atom. The van der Waals surface area contributed by atoms with Crippen molar-refractivity contribution in [2.75, 3.05) is 0 Å². The highest BCUT2D eigenvalue weighted by Crippen LogP contribution is 2.37. The highest BCUT2D eigenvalue weighted by Gasteiger charge is 2.15. The summed E-state index contributed by atoms with van der Waals surface area (Å²) in [6.07, 6.45) is 0.485. The molecule has 1 aromatic heterocycles. The molecular weight excluding hydrogens is 314 g/mol. The van der Waals surface area contributed by atoms with E-state index in [0.717, 1.165) is 17.3 Å². The van der Waals surface area contributed by atoms with E-state index in [9.17, 15) is 15.0 Å². The number of aromatic nitrogens is 3. The van der Waals surface area contributed by atoms with E-state index in [2.05, 4.69) is 10.2 Å². The van der Waals surface area contributed by atoms with Crippen LogP contribution in [-0.2, 0) is 7.05 Å². The molecule has 0 saturated carbocycles. The molecule has 0 saturated heterocycles. The first-order valence-corrected chi connectivity index (χ1v) is 7.55. The molecule has 0 aliphatic rings. The molecular formula is C16H13N3O3S. The second kappa shape index (κ2) is 6.13. The Kier molecular flexibility index (Phi) is 4.03. The number of rotatable bonds is 4. The molecule has 0 bridgehead atoms. The van der Waals surface area contributed by atoms with Gasteiger partial charge in [-0.2, -0.15) is 0 Å². The molecule has 1 heterocycles. The summed E-state index contributed by atoms with van der Waals surface area (Å²) in [7, 11) is 1.82. The number of benzene rings is 2. The van der Waals surface area contributed by atoms with Crippen LogP contribution in [0.25, 0.3) is 11.4 Å². The van der Waals surface area contributed by atoms with Crippen molar-refractivity contribution in [2.24, 2.45) is 7.05 Å². The normalized spacial score (nSPS) is 10.7. The molecule has 0 unspecified atom stereocenters. The van der Waals surface area contributed by atoms with Crippen LogP contribution in [0.15, 0.2) is 52.5 Å². The first-order valence-electron chi connectivity index (χ1n) is 6.74. The quantitative estimate of drug-likeness (QED) is 0.566. The number of phenolic OH excluding ortho intramolecular Hbond substituents is 2. The fourth-order valence-corrected chi connectivity index (χ4v) is 2.93. The van der Waals surface area contributed by atoms with Crippen LogP contribution in [0.4, 0.5) is 0 Å². The topological polar surface area (TPSA) is 88.2 Å². The summed E-state index contributed by atoms with van der Waals surface area (Å²) < 4.78 is 1.80. The minimum atomic E-state index is -0.189. The first-order chi connectivity index (χ1) is 11.1. The van der Waals surface area contributed by atoms with Gasteiger partial charge in [0.15, 0.2) is 17.3 Å². The van der Waals surface area contributed by atoms with Crippen LogP contribution in [0.3, 0.4) is 0 Å². The van der Waals surface area contributed by atoms with Crippen LogP contribution < -0.4 is 0 Å². The second-order valence-electron chi connectivity index (χ2n) is 4.83. The number of nitrogens with zero attached hydrogens (tertiary/aromatic N) is 3. The average molecular weight is 327 g/mol. The Bertz CT molecular complexity index is 863. The molecule has 0 spiro atoms. The van der Waals surface area contributed by atoms with Crippen LogP contribution in [-0.4, -0.2) is 31.3 Å². The van der Waals surface area contributed by atoms with Gasteiger partial charge in [-0.05, 0) is 23.9 Å². The van der Waals surface area contributed by atoms with Gasteiger partial charge in [0.1, 0.15) is 11.5 Å². The molecule has 0 aliphatic carbocycles. The van der Waals surface area contributed by atoms with Crippen molar-refractivity contribution < 1.29 is 15.0 Å². The molecule has 3 rings (SSSR count). The van der Waals surface area contributed by atoms with Crippen LogP contribution in [0.5, 0.6) is 11.5 Å². The van der Waals surface area contributed by atoms with Crippen molar-refractivity contribution in [2.45, 2.75) is 10.1 Å². The third-order valence-corrected chi connectivity index (χ3v) is 4.39. The van der Waals surface area contributed by atoms with Crippen molar-refractivity contribution in [1.82, 2.24) is 14.8 Å². The molecule has 7 heteroatoms. The zero-order valence-corrected chi connectivity index (χ0v) is 13.0. The number of carbonyl (C=O) groups excluding carboxylic acids is 1. The van der Waals surface area contributed by atoms with E-state index in [1.807, 2.05) is 37.4 Å². The second-order valence-corrected chi connectivity index (χ2v) is 5.84. The summed E-state index contributed by atoms with van der Waals surface area (Å²) >= 11 is 1.15. The van der Waals surface area contributed by atoms with Gasteiger partial charge in [-0.25, -0.2) is 0 Å². The summed E-state index contributed by atoms with van der Waals surface area (Å²) in [6.45, 7) is 0. The maximum Gasteiger partial charge on any atom is 0.196 e. The lowest BCUT2D eigenvalue weighted by Gasteiger charge is -2.07. The zero-order chi connectivity index (χ0) is 16.4. The number of hydrogen-bond donors (Lipinski definition) is 2. The van der Waals surface area contributed by atoms with Gasteiger partial charge in [0.25, 0.3) is 0 Å². The maximum absolute atomic E-state index is 10.8. The molecule has 0 atom stereocenters. The van der Waals surface area contributed by atoms with Gasteiger partial charge in [-0.1, -0.05) is 30.3 Å². The van der Waals surface area contributed by atoms with Crippen molar-refractivity contribution in [3.05, 3.63) is 48.0 Å². The summed E-state index contributed by atoms with van der Waals surface area (Å²) in [4.78, 5) is 11.2. The van der Waals surface area contributed by atoms with Gasteiger partial charge < -0.3 is 14.8 Å². The highest BCUT2D eigenvalue weighted by atomic mass is 32.2. The van der Waals surface area contributed by atoms with Gasteiger partial charge >= 0.3 is 0 Å². The summed E-state index contributed by atoms with van der Waals surface area (Å²) in [5, 5.41) is 28.5. The molecule has 3 aromatic rings. The lowest BCUT2D eigenvalue weighted by atomic mass is 10.2. The zero-order valence-electron chi connectivity index (χ0n) is 12.2. The average Bonchev–Trinajstić information content (AvgIpc) is 2.92. The molecule has 116 valence electrons. The summed E-state index contributed by atoms with van der Waals surface area (Å²) in [5.74, 6) is 0.409. The molecule has 2 N–H and O–H groups in total. The van der Waals surface area contributed by atoms with Crippen molar-refractivity contribution in [3.63, 3.8) is 0 Å². The summed E-state index contributed by atoms with van der Waals surface area (Å²) in [5.41, 5.74) is 0.965. The van der Waals surface area contributed by atoms with E-state index in [-0.39, 0.29) is 17.1 Å². The van der Waals surface area contributed by atoms with Crippen LogP contribution in [0, 0.1) is 0 Å². The van der Waals surface area contributed by atoms with E-state index < -0.39 is 0 Å². The number of aldehydes is 1. The Hall–Kier alpha value is -2.80. The standard InChI is InChI=1S/C16H13N3O3S/c1-19-15(10-5-3-2-4-6-10)17-18-16(19)23-14-8-12(21)11(9-20)7-13(14)22/h2-9,21-22H,1H3. The van der Waals surface area contributed by atoms with Crippen LogP contribution in [0.1, 0.15) is 10.4 Å². The number of hydrogen-bond acceptors (Lipinski definition) is 6. The van der Waals surface area contributed by atoms with E-state index in [1.165, 1.54) is 12.1 Å². The molecule has 0 fully saturated rings. The molecule has 0 amide bonds. The third-order valence-electron chi connectivity index (χ3n) is 3.30. The van der Waals surface area contributed by atoms with Crippen molar-refractivity contribution in [1.29, 1.82) is 0 Å². The number of phenols is 2. The fourth-order valence-electron chi connectivity index (χ4n) is 2.09. The predicted octanol–water partition coefficient (Wildman–Crippen LogP) is 2.86. The van der Waals surface area contributed by atoms with Gasteiger partial charge in [0.2, 0.25) is 0 Å². The van der Waals surface area contributed by atoms with Gasteiger partial charge in [-0.3, -0.25) is 4.79 Å². The number of carbonyl (C=O) groups is 1. The monoisotopic (exact) mass is 327 g/mol. The van der Waals surface area contributed by atoms with Gasteiger partial charge in [-0.15, -0.1) is 10.2 Å². The molecule has 6 nitrogen and oxygen atoms in total. The Balaban J connectivity index is 1.95.